The van der Waals surface area contributed by atoms with Gasteiger partial charge in [-0.1, -0.05) is 41.2 Å². The minimum absolute atomic E-state index is 0. The van der Waals surface area contributed by atoms with Crippen molar-refractivity contribution in [2.45, 2.75) is 142 Å². The first-order valence-electron chi connectivity index (χ1n) is 16.7. The molecule has 0 aliphatic carbocycles. The second kappa shape index (κ2) is 15.7. The average molecular weight is 712 g/mol. The normalized spacial score (nSPS) is 47.0. The first-order chi connectivity index (χ1) is 20.6. The van der Waals surface area contributed by atoms with E-state index in [2.05, 4.69) is 81.0 Å². The Morgan fingerprint density at radius 3 is 2.36 bits per heavy atom. The molecule has 0 amide bonds. The zero-order valence-electron chi connectivity index (χ0n) is 30.0. The van der Waals surface area contributed by atoms with E-state index >= 15 is 0 Å². The van der Waals surface area contributed by atoms with Crippen molar-refractivity contribution in [1.29, 1.82) is 0 Å². The Morgan fingerprint density at radius 2 is 1.76 bits per heavy atom. The number of likely N-dealkylation sites (N-methyl/N-ethyl adjacent to an activating group) is 1. The summed E-state index contributed by atoms with van der Waals surface area (Å²) in [7, 11) is 5.84. The Kier molecular flexibility index (Phi) is 13.8. The van der Waals surface area contributed by atoms with Gasteiger partial charge in [-0.25, -0.2) is 0 Å². The summed E-state index contributed by atoms with van der Waals surface area (Å²) in [4.78, 5) is 16.2. The predicted octanol–water partition coefficient (Wildman–Crippen LogP) is 5.20. The third kappa shape index (κ3) is 7.93. The van der Waals surface area contributed by atoms with Gasteiger partial charge in [0, 0.05) is 57.9 Å². The fraction of sp³-hybridized carbons (Fsp3) is 0.886. The Balaban J connectivity index is 0.00000552. The number of hydrogen-bond acceptors (Lipinski definition) is 9. The third-order valence-electron chi connectivity index (χ3n) is 11.2. The van der Waals surface area contributed by atoms with Gasteiger partial charge < -0.3 is 38.1 Å². The molecular formula is C35H60NO8Y-. The van der Waals surface area contributed by atoms with Crippen molar-refractivity contribution in [2.24, 2.45) is 23.7 Å². The molecule has 4 aliphatic rings. The van der Waals surface area contributed by atoms with Crippen molar-refractivity contribution < 1.29 is 70.7 Å². The fourth-order valence-electron chi connectivity index (χ4n) is 8.41. The van der Waals surface area contributed by atoms with Crippen LogP contribution in [0.3, 0.4) is 0 Å². The molecule has 0 aromatic rings. The number of methoxy groups -OCH3 is 1. The van der Waals surface area contributed by atoms with Crippen LogP contribution in [0.5, 0.6) is 0 Å². The molecule has 4 heterocycles. The molecule has 9 nitrogen and oxygen atoms in total. The van der Waals surface area contributed by atoms with Crippen LogP contribution in [0, 0.1) is 29.6 Å². The summed E-state index contributed by atoms with van der Waals surface area (Å²) >= 11 is 0. The number of hydrogen-bond donors (Lipinski definition) is 0. The van der Waals surface area contributed by atoms with Crippen molar-refractivity contribution in [3.63, 3.8) is 0 Å². The number of cyclic esters (lactones) is 1. The molecule has 0 aromatic heterocycles. The summed E-state index contributed by atoms with van der Waals surface area (Å²) in [5.41, 5.74) is -0.662. The van der Waals surface area contributed by atoms with Gasteiger partial charge in [-0.05, 0) is 71.2 Å². The number of ether oxygens (including phenoxy) is 7. The molecule has 1 radical (unpaired) electrons. The van der Waals surface area contributed by atoms with Gasteiger partial charge in [0.1, 0.15) is 12.2 Å². The molecule has 0 aromatic carbocycles. The van der Waals surface area contributed by atoms with E-state index in [-0.39, 0.29) is 87.4 Å². The van der Waals surface area contributed by atoms with Crippen molar-refractivity contribution in [2.75, 3.05) is 34.4 Å². The minimum Gasteiger partial charge on any atom is -0.462 e. The SMILES string of the molecule is C=C1CO[C@H]2[C@H](C)[C@@H](O[C@@H]3O[C@H](C)C[C@H](N(C)C)[C@H]3OC)[C@@](C)(C[C@@H](C)C3OC(C)([C-](C)C3C)[C@@H](CC)OC(=O)[C@@H]2C)OC1.[Y]. The molecule has 4 aliphatic heterocycles. The first-order valence-corrected chi connectivity index (χ1v) is 16.7. The van der Waals surface area contributed by atoms with Gasteiger partial charge in [0.25, 0.3) is 0 Å². The van der Waals surface area contributed by atoms with E-state index in [1.54, 1.807) is 7.11 Å². The fourth-order valence-corrected chi connectivity index (χ4v) is 8.41. The van der Waals surface area contributed by atoms with E-state index in [9.17, 15) is 4.79 Å². The summed E-state index contributed by atoms with van der Waals surface area (Å²) in [5, 5.41) is 0. The molecule has 257 valence electrons. The Bertz CT molecular complexity index is 1010. The van der Waals surface area contributed by atoms with Crippen LogP contribution in [0.4, 0.5) is 0 Å². The molecule has 10 heteroatoms. The van der Waals surface area contributed by atoms with Crippen molar-refractivity contribution >= 4 is 5.97 Å². The maximum atomic E-state index is 14.0. The summed E-state index contributed by atoms with van der Waals surface area (Å²) in [5.74, 6) is 0.338. The minimum atomic E-state index is -0.790. The van der Waals surface area contributed by atoms with E-state index < -0.39 is 41.7 Å². The number of fused-ring (bicyclic) bond motifs is 5. The molecule has 45 heavy (non-hydrogen) atoms. The molecule has 4 rings (SSSR count). The number of rotatable bonds is 5. The second-order valence-electron chi connectivity index (χ2n) is 14.8. The van der Waals surface area contributed by atoms with Crippen LogP contribution < -0.4 is 0 Å². The smallest absolute Gasteiger partial charge is 0.311 e. The Hall–Kier alpha value is 0.0339. The first kappa shape index (κ1) is 39.5. The zero-order chi connectivity index (χ0) is 32.7. The van der Waals surface area contributed by atoms with Crippen LogP contribution in [-0.2, 0) is 70.7 Å². The van der Waals surface area contributed by atoms with Gasteiger partial charge in [0.15, 0.2) is 6.29 Å². The van der Waals surface area contributed by atoms with Crippen molar-refractivity contribution in [1.82, 2.24) is 4.90 Å². The number of nitrogens with zero attached hydrogens (tertiary/aromatic N) is 1. The van der Waals surface area contributed by atoms with E-state index in [4.69, 9.17) is 33.2 Å². The summed E-state index contributed by atoms with van der Waals surface area (Å²) in [6.45, 7) is 23.8. The van der Waals surface area contributed by atoms with Gasteiger partial charge in [-0.3, -0.25) is 10.7 Å². The largest absolute Gasteiger partial charge is 0.462 e. The number of esters is 1. The standard InChI is InChI=1S/C35H60NO8.Y/c1-14-27-35(10)25(8)22(5)28(44-35)20(3)16-34(9)31(43-33-30(38-13)26(36(11)12)15-21(4)41-33)23(6)29(24(7)32(37)42-27)39-17-19(2)18-40-34;/h20-24,26-31,33H,2,14-18H2,1,3-13H3;/q-1;/t20-,21-,22?,23+,24-,26+,27-,28?,29+,30-,31-,33+,34-,35?;/m1./s1. The second-order valence-corrected chi connectivity index (χ2v) is 14.8. The molecule has 0 saturated carbocycles. The summed E-state index contributed by atoms with van der Waals surface area (Å²) < 4.78 is 46.3. The van der Waals surface area contributed by atoms with Crippen molar-refractivity contribution in [3.8, 4) is 0 Å². The molecule has 14 atom stereocenters. The van der Waals surface area contributed by atoms with E-state index in [1.807, 2.05) is 6.92 Å². The van der Waals surface area contributed by atoms with Gasteiger partial charge in [0.2, 0.25) is 0 Å². The maximum absolute atomic E-state index is 14.0. The predicted molar refractivity (Wildman–Crippen MR) is 169 cm³/mol. The van der Waals surface area contributed by atoms with Crippen molar-refractivity contribution in [3.05, 3.63) is 18.1 Å². The quantitative estimate of drug-likeness (QED) is 0.217. The number of carbonyl (C=O) groups excluding carboxylic acids is 1. The zero-order valence-corrected chi connectivity index (χ0v) is 32.8. The summed E-state index contributed by atoms with van der Waals surface area (Å²) in [6, 6.07) is 0.108. The van der Waals surface area contributed by atoms with Gasteiger partial charge in [-0.15, -0.1) is 5.92 Å². The van der Waals surface area contributed by atoms with Crippen LogP contribution in [0.25, 0.3) is 0 Å². The molecular weight excluding hydrogens is 651 g/mol. The topological polar surface area (TPSA) is 84.9 Å². The van der Waals surface area contributed by atoms with Gasteiger partial charge >= 0.3 is 5.97 Å². The molecule has 4 fully saturated rings. The molecule has 4 bridgehead atoms. The van der Waals surface area contributed by atoms with Crippen LogP contribution in [0.2, 0.25) is 0 Å². The summed E-state index contributed by atoms with van der Waals surface area (Å²) in [6.07, 6.45) is -0.365. The molecule has 0 spiro atoms. The maximum Gasteiger partial charge on any atom is 0.311 e. The molecule has 0 N–H and O–H groups in total. The van der Waals surface area contributed by atoms with Crippen LogP contribution in [0.1, 0.15) is 81.6 Å². The van der Waals surface area contributed by atoms with Gasteiger partial charge in [-0.2, -0.15) is 6.92 Å². The monoisotopic (exact) mass is 711 g/mol. The van der Waals surface area contributed by atoms with E-state index in [1.165, 1.54) is 5.92 Å². The van der Waals surface area contributed by atoms with Crippen LogP contribution in [-0.4, -0.2) is 105 Å². The van der Waals surface area contributed by atoms with Crippen LogP contribution >= 0.6 is 0 Å². The molecule has 4 saturated heterocycles. The average Bonchev–Trinajstić information content (AvgIpc) is 3.22. The van der Waals surface area contributed by atoms with Crippen LogP contribution in [0.15, 0.2) is 12.2 Å². The Morgan fingerprint density at radius 1 is 1.09 bits per heavy atom. The molecule has 3 unspecified atom stereocenters. The number of carbonyl (C=O) groups is 1. The van der Waals surface area contributed by atoms with E-state index in [0.717, 1.165) is 12.0 Å². The Labute approximate surface area is 298 Å². The van der Waals surface area contributed by atoms with Gasteiger partial charge in [0.05, 0.1) is 43.0 Å². The third-order valence-corrected chi connectivity index (χ3v) is 11.2. The van der Waals surface area contributed by atoms with E-state index in [0.29, 0.717) is 19.4 Å².